The van der Waals surface area contributed by atoms with Gasteiger partial charge in [-0.05, 0) is 30.3 Å². The number of fused-ring (bicyclic) bond motifs is 3. The highest BCUT2D eigenvalue weighted by atomic mass is 35.5. The average molecular weight is 448 g/mol. The summed E-state index contributed by atoms with van der Waals surface area (Å²) in [5, 5.41) is 3.14. The number of carbonyl (C=O) groups excluding carboxylic acids is 3. The highest BCUT2D eigenvalue weighted by Crippen LogP contribution is 2.45. The van der Waals surface area contributed by atoms with Crippen molar-refractivity contribution in [3.8, 4) is 11.3 Å². The van der Waals surface area contributed by atoms with Crippen molar-refractivity contribution in [1.29, 1.82) is 0 Å². The Kier molecular flexibility index (Phi) is 4.67. The van der Waals surface area contributed by atoms with Crippen LogP contribution in [0.3, 0.4) is 0 Å². The van der Waals surface area contributed by atoms with E-state index < -0.39 is 11.6 Å². The van der Waals surface area contributed by atoms with Crippen molar-refractivity contribution in [3.05, 3.63) is 71.6 Å². The summed E-state index contributed by atoms with van der Waals surface area (Å²) in [6.45, 7) is 0. The summed E-state index contributed by atoms with van der Waals surface area (Å²) >= 11 is 5.99. The summed E-state index contributed by atoms with van der Waals surface area (Å²) in [6, 6.07) is 12.3. The maximum atomic E-state index is 13.6. The Morgan fingerprint density at radius 3 is 2.75 bits per heavy atom. The molecule has 160 valence electrons. The lowest BCUT2D eigenvalue weighted by molar-refractivity contribution is -0.128. The second-order valence-corrected chi connectivity index (χ2v) is 8.14. The summed E-state index contributed by atoms with van der Waals surface area (Å²) in [7, 11) is 1.54. The number of hydrogen-bond acceptors (Lipinski definition) is 5. The van der Waals surface area contributed by atoms with Crippen molar-refractivity contribution in [2.24, 2.45) is 0 Å². The number of anilines is 2. The molecule has 0 aliphatic carbocycles. The second kappa shape index (κ2) is 7.42. The van der Waals surface area contributed by atoms with Crippen LogP contribution in [0.5, 0.6) is 0 Å². The number of amides is 3. The molecular formula is C23H18ClN5O3. The zero-order valence-electron chi connectivity index (χ0n) is 17.1. The van der Waals surface area contributed by atoms with Crippen LogP contribution in [0.15, 0.2) is 61.1 Å². The highest BCUT2D eigenvalue weighted by molar-refractivity contribution is 6.30. The van der Waals surface area contributed by atoms with E-state index in [9.17, 15) is 14.4 Å². The molecule has 8 nitrogen and oxygen atoms in total. The third-order valence-corrected chi connectivity index (χ3v) is 6.13. The highest BCUT2D eigenvalue weighted by Gasteiger charge is 2.59. The molecule has 3 aromatic rings. The van der Waals surface area contributed by atoms with Crippen LogP contribution in [0.2, 0.25) is 5.02 Å². The van der Waals surface area contributed by atoms with Crippen LogP contribution < -0.4 is 10.2 Å². The number of likely N-dealkylation sites (N-methyl/N-ethyl adjacent to an activating group) is 1. The van der Waals surface area contributed by atoms with E-state index >= 15 is 0 Å². The number of aromatic nitrogens is 2. The number of carbonyl (C=O) groups is 3. The molecule has 32 heavy (non-hydrogen) atoms. The number of benzene rings is 1. The smallest absolute Gasteiger partial charge is 0.271 e. The van der Waals surface area contributed by atoms with Gasteiger partial charge in [-0.1, -0.05) is 23.7 Å². The van der Waals surface area contributed by atoms with Gasteiger partial charge in [-0.25, -0.2) is 0 Å². The number of pyridine rings is 2. The van der Waals surface area contributed by atoms with Gasteiger partial charge < -0.3 is 10.2 Å². The predicted molar refractivity (Wildman–Crippen MR) is 119 cm³/mol. The van der Waals surface area contributed by atoms with Gasteiger partial charge in [-0.15, -0.1) is 0 Å². The molecule has 0 radical (unpaired) electrons. The van der Waals surface area contributed by atoms with Crippen molar-refractivity contribution in [1.82, 2.24) is 14.9 Å². The van der Waals surface area contributed by atoms with Gasteiger partial charge in [-0.3, -0.25) is 29.3 Å². The lowest BCUT2D eigenvalue weighted by Gasteiger charge is -2.47. The molecule has 0 bridgehead atoms. The Morgan fingerprint density at radius 2 is 2.00 bits per heavy atom. The molecule has 5 rings (SSSR count). The van der Waals surface area contributed by atoms with Crippen molar-refractivity contribution in [3.63, 3.8) is 0 Å². The van der Waals surface area contributed by atoms with E-state index in [1.807, 2.05) is 18.2 Å². The quantitative estimate of drug-likeness (QED) is 0.664. The van der Waals surface area contributed by atoms with E-state index in [2.05, 4.69) is 15.3 Å². The number of rotatable bonds is 3. The van der Waals surface area contributed by atoms with Gasteiger partial charge >= 0.3 is 0 Å². The van der Waals surface area contributed by atoms with Crippen LogP contribution in [0.25, 0.3) is 11.3 Å². The van der Waals surface area contributed by atoms with Crippen molar-refractivity contribution >= 4 is 40.7 Å². The first-order valence-corrected chi connectivity index (χ1v) is 10.4. The van der Waals surface area contributed by atoms with Gasteiger partial charge in [-0.2, -0.15) is 0 Å². The molecule has 1 N–H and O–H groups in total. The summed E-state index contributed by atoms with van der Waals surface area (Å²) < 4.78 is 0. The lowest BCUT2D eigenvalue weighted by Crippen LogP contribution is -2.68. The summed E-state index contributed by atoms with van der Waals surface area (Å²) in [5.41, 5.74) is 1.09. The third kappa shape index (κ3) is 2.95. The minimum Gasteiger partial charge on any atom is -0.321 e. The maximum absolute atomic E-state index is 13.6. The van der Waals surface area contributed by atoms with Crippen molar-refractivity contribution in [2.45, 2.75) is 18.5 Å². The van der Waals surface area contributed by atoms with E-state index in [4.69, 9.17) is 11.6 Å². The number of nitrogens with one attached hydrogen (secondary N) is 1. The Labute approximate surface area is 188 Å². The van der Waals surface area contributed by atoms with Gasteiger partial charge in [0.25, 0.3) is 11.8 Å². The van der Waals surface area contributed by atoms with Gasteiger partial charge in [0.15, 0.2) is 0 Å². The normalized spacial score (nSPS) is 19.6. The van der Waals surface area contributed by atoms with Gasteiger partial charge in [0.1, 0.15) is 0 Å². The van der Waals surface area contributed by atoms with E-state index in [1.54, 1.807) is 37.5 Å². The fourth-order valence-corrected chi connectivity index (χ4v) is 4.55. The Hall–Kier alpha value is -3.78. The zero-order valence-corrected chi connectivity index (χ0v) is 17.8. The minimum atomic E-state index is -1.49. The standard InChI is InChI=1S/C23H18ClN5O3/c1-28-21(31)17-6-5-14(18-4-2-3-9-26-18)10-19(17)29-20(30)7-8-23(28,29)22(32)27-16-11-15(24)12-25-13-16/h2-6,9-13H,7-8H2,1H3,(H,27,32). The molecule has 0 saturated carbocycles. The molecule has 9 heteroatoms. The third-order valence-electron chi connectivity index (χ3n) is 5.92. The lowest BCUT2D eigenvalue weighted by atomic mass is 9.94. The Balaban J connectivity index is 1.63. The average Bonchev–Trinajstić information content (AvgIpc) is 3.16. The van der Waals surface area contributed by atoms with Crippen LogP contribution >= 0.6 is 11.6 Å². The number of halogens is 1. The fourth-order valence-electron chi connectivity index (χ4n) is 4.38. The summed E-state index contributed by atoms with van der Waals surface area (Å²) in [6.07, 6.45) is 4.88. The molecule has 3 amide bonds. The van der Waals surface area contributed by atoms with E-state index in [0.717, 1.165) is 5.56 Å². The molecule has 1 saturated heterocycles. The first-order valence-electron chi connectivity index (χ1n) is 10.0. The predicted octanol–water partition coefficient (Wildman–Crippen LogP) is 3.34. The molecule has 1 fully saturated rings. The Morgan fingerprint density at radius 1 is 1.16 bits per heavy atom. The topological polar surface area (TPSA) is 95.5 Å². The molecule has 1 aromatic carbocycles. The first-order chi connectivity index (χ1) is 15.4. The van der Waals surface area contributed by atoms with Gasteiger partial charge in [0.05, 0.1) is 33.9 Å². The molecule has 4 heterocycles. The van der Waals surface area contributed by atoms with E-state index in [1.165, 1.54) is 22.2 Å². The molecule has 0 spiro atoms. The van der Waals surface area contributed by atoms with Crippen LogP contribution in [-0.4, -0.2) is 45.3 Å². The number of nitrogens with zero attached hydrogens (tertiary/aromatic N) is 4. The minimum absolute atomic E-state index is 0.131. The number of hydrogen-bond donors (Lipinski definition) is 1. The molecule has 2 aromatic heterocycles. The fraction of sp³-hybridized carbons (Fsp3) is 0.174. The van der Waals surface area contributed by atoms with E-state index in [0.29, 0.717) is 27.7 Å². The van der Waals surface area contributed by atoms with E-state index in [-0.39, 0.29) is 24.7 Å². The zero-order chi connectivity index (χ0) is 22.5. The van der Waals surface area contributed by atoms with Crippen LogP contribution in [0.1, 0.15) is 23.2 Å². The van der Waals surface area contributed by atoms with Crippen LogP contribution in [0, 0.1) is 0 Å². The summed E-state index contributed by atoms with van der Waals surface area (Å²) in [5.74, 6) is -1.07. The molecule has 1 unspecified atom stereocenters. The van der Waals surface area contributed by atoms with Crippen molar-refractivity contribution < 1.29 is 14.4 Å². The monoisotopic (exact) mass is 447 g/mol. The Bertz CT molecular complexity index is 1270. The van der Waals surface area contributed by atoms with Gasteiger partial charge in [0, 0.05) is 37.8 Å². The van der Waals surface area contributed by atoms with Crippen molar-refractivity contribution in [2.75, 3.05) is 17.3 Å². The first kappa shape index (κ1) is 20.1. The maximum Gasteiger partial charge on any atom is 0.271 e. The molecule has 1 atom stereocenters. The SMILES string of the molecule is CN1C(=O)c2ccc(-c3ccccn3)cc2N2C(=O)CCC12C(=O)Nc1cncc(Cl)c1. The molecule has 2 aliphatic heterocycles. The van der Waals surface area contributed by atoms with Gasteiger partial charge in [0.2, 0.25) is 11.6 Å². The van der Waals surface area contributed by atoms with Crippen LogP contribution in [-0.2, 0) is 9.59 Å². The second-order valence-electron chi connectivity index (χ2n) is 7.70. The molecule has 2 aliphatic rings. The summed E-state index contributed by atoms with van der Waals surface area (Å²) in [4.78, 5) is 51.0. The molecular weight excluding hydrogens is 430 g/mol. The van der Waals surface area contributed by atoms with Crippen LogP contribution in [0.4, 0.5) is 11.4 Å². The largest absolute Gasteiger partial charge is 0.321 e.